The molecule has 1 amide bonds. The van der Waals surface area contributed by atoms with E-state index in [1.54, 1.807) is 5.32 Å². The van der Waals surface area contributed by atoms with Gasteiger partial charge in [0, 0.05) is 5.56 Å². The Balaban J connectivity index is 2.41. The summed E-state index contributed by atoms with van der Waals surface area (Å²) in [6.45, 7) is 0. The predicted octanol–water partition coefficient (Wildman–Crippen LogP) is 6.59. The fourth-order valence-electron chi connectivity index (χ4n) is 2.55. The minimum atomic E-state index is -5.50. The summed E-state index contributed by atoms with van der Waals surface area (Å²) in [5.41, 5.74) is -10.4. The second-order valence-electron chi connectivity index (χ2n) is 6.62. The first-order valence-corrected chi connectivity index (χ1v) is 8.94. The third-order valence-corrected chi connectivity index (χ3v) is 4.27. The average molecular weight is 544 g/mol. The molecule has 0 aliphatic heterocycles. The van der Waals surface area contributed by atoms with Crippen LogP contribution in [0, 0.1) is 0 Å². The first-order chi connectivity index (χ1) is 15.6. The van der Waals surface area contributed by atoms with Crippen LogP contribution < -0.4 is 10.6 Å². The number of anilines is 1. The van der Waals surface area contributed by atoms with E-state index in [1.165, 1.54) is 5.32 Å². The number of hydrogen-bond acceptors (Lipinski definition) is 3. The van der Waals surface area contributed by atoms with Crippen molar-refractivity contribution >= 4 is 28.9 Å². The van der Waals surface area contributed by atoms with E-state index in [1.807, 2.05) is 0 Å². The highest BCUT2D eigenvalue weighted by atomic mass is 32.1. The maximum absolute atomic E-state index is 13.2. The van der Waals surface area contributed by atoms with E-state index >= 15 is 0 Å². The highest BCUT2D eigenvalue weighted by Gasteiger charge is 2.41. The van der Waals surface area contributed by atoms with Crippen LogP contribution in [0.2, 0.25) is 0 Å². The molecule has 0 saturated carbocycles. The lowest BCUT2D eigenvalue weighted by Crippen LogP contribution is -2.35. The van der Waals surface area contributed by atoms with Gasteiger partial charge in [0.2, 0.25) is 0 Å². The van der Waals surface area contributed by atoms with Gasteiger partial charge in [0.25, 0.3) is 5.91 Å². The van der Waals surface area contributed by atoms with Gasteiger partial charge < -0.3 is 10.4 Å². The van der Waals surface area contributed by atoms with E-state index < -0.39 is 81.0 Å². The van der Waals surface area contributed by atoms with Crippen LogP contribution in [0.4, 0.5) is 58.4 Å². The largest absolute Gasteiger partial charge is 0.506 e. The Bertz CT molecular complexity index is 1120. The molecule has 0 aliphatic carbocycles. The molecule has 4 nitrogen and oxygen atoms in total. The number of phenols is 1. The predicted molar refractivity (Wildman–Crippen MR) is 98.2 cm³/mol. The first kappa shape index (κ1) is 28.0. The van der Waals surface area contributed by atoms with Gasteiger partial charge in [0.05, 0.1) is 27.9 Å². The minimum Gasteiger partial charge on any atom is -0.506 e. The normalized spacial score (nSPS) is 12.9. The van der Waals surface area contributed by atoms with Crippen LogP contribution in [-0.4, -0.2) is 16.1 Å². The average Bonchev–Trinajstić information content (AvgIpc) is 2.65. The molecule has 0 fully saturated rings. The number of rotatable bonds is 2. The summed E-state index contributed by atoms with van der Waals surface area (Å²) in [6, 6.07) is -0.781. The van der Waals surface area contributed by atoms with Gasteiger partial charge in [0.15, 0.2) is 5.11 Å². The summed E-state index contributed by atoms with van der Waals surface area (Å²) in [5, 5.41) is 11.5. The zero-order valence-corrected chi connectivity index (χ0v) is 17.0. The number of hydrogen-bond donors (Lipinski definition) is 3. The monoisotopic (exact) mass is 544 g/mol. The number of benzene rings is 2. The molecule has 2 aromatic carbocycles. The van der Waals surface area contributed by atoms with E-state index in [0.29, 0.717) is 0 Å². The van der Waals surface area contributed by atoms with E-state index in [4.69, 9.17) is 0 Å². The number of carbonyl (C=O) groups excluding carboxylic acids is 1. The van der Waals surface area contributed by atoms with Crippen molar-refractivity contribution in [3.8, 4) is 5.75 Å². The Morgan fingerprint density at radius 1 is 0.686 bits per heavy atom. The summed E-state index contributed by atoms with van der Waals surface area (Å²) in [7, 11) is 0. The van der Waals surface area contributed by atoms with Gasteiger partial charge in [-0.1, -0.05) is 0 Å². The molecule has 0 radical (unpaired) electrons. The number of aromatic hydroxyl groups is 1. The summed E-state index contributed by atoms with van der Waals surface area (Å²) in [6.07, 6.45) is -21.4. The standard InChI is InChI=1S/C18H8F12N2O2S/c19-15(20,21)7-1-6(2-8(3-7)16(22,23)24)13(34)32-14(35)31-12-10(18(28,29)30)4-9(5-11(12)33)17(25,26)27/h1-5,33H,(H2,31,32,34,35). The van der Waals surface area contributed by atoms with E-state index in [9.17, 15) is 62.6 Å². The van der Waals surface area contributed by atoms with Crippen molar-refractivity contribution in [1.29, 1.82) is 0 Å². The Labute approximate surface area is 191 Å². The lowest BCUT2D eigenvalue weighted by Gasteiger charge is -2.19. The number of phenolic OH excluding ortho intramolecular Hbond substituents is 1. The van der Waals surface area contributed by atoms with Crippen molar-refractivity contribution in [2.45, 2.75) is 24.7 Å². The Hall–Kier alpha value is -3.24. The number of amides is 1. The molecule has 0 saturated heterocycles. The van der Waals surface area contributed by atoms with Gasteiger partial charge in [-0.15, -0.1) is 0 Å². The van der Waals surface area contributed by atoms with Crippen molar-refractivity contribution in [3.05, 3.63) is 58.1 Å². The second-order valence-corrected chi connectivity index (χ2v) is 7.02. The maximum atomic E-state index is 13.2. The Morgan fingerprint density at radius 3 is 1.51 bits per heavy atom. The van der Waals surface area contributed by atoms with Crippen LogP contribution in [-0.2, 0) is 24.7 Å². The number of thiocarbonyl (C=S) groups is 1. The second kappa shape index (κ2) is 9.09. The Morgan fingerprint density at radius 2 is 1.11 bits per heavy atom. The lowest BCUT2D eigenvalue weighted by molar-refractivity contribution is -0.144. The molecule has 0 atom stereocenters. The fraction of sp³-hybridized carbons (Fsp3) is 0.222. The quantitative estimate of drug-likeness (QED) is 0.227. The summed E-state index contributed by atoms with van der Waals surface area (Å²) in [4.78, 5) is 12.1. The first-order valence-electron chi connectivity index (χ1n) is 8.54. The third kappa shape index (κ3) is 6.89. The smallest absolute Gasteiger partial charge is 0.418 e. The molecule has 0 aromatic heterocycles. The summed E-state index contributed by atoms with van der Waals surface area (Å²) >= 11 is 4.49. The van der Waals surface area contributed by atoms with E-state index in [2.05, 4.69) is 12.2 Å². The molecule has 2 rings (SSSR count). The van der Waals surface area contributed by atoms with E-state index in [0.717, 1.165) is 0 Å². The van der Waals surface area contributed by atoms with Crippen molar-refractivity contribution in [1.82, 2.24) is 5.32 Å². The molecule has 0 unspecified atom stereocenters. The topological polar surface area (TPSA) is 61.4 Å². The van der Waals surface area contributed by atoms with Crippen LogP contribution in [0.15, 0.2) is 30.3 Å². The van der Waals surface area contributed by atoms with Crippen LogP contribution in [0.1, 0.15) is 32.6 Å². The van der Waals surface area contributed by atoms with Crippen molar-refractivity contribution in [2.75, 3.05) is 5.32 Å². The molecule has 2 aromatic rings. The lowest BCUT2D eigenvalue weighted by atomic mass is 10.0. The number of carbonyl (C=O) groups is 1. The Kier molecular flexibility index (Phi) is 7.27. The molecule has 17 heteroatoms. The molecule has 0 spiro atoms. The van der Waals surface area contributed by atoms with Crippen LogP contribution in [0.5, 0.6) is 5.75 Å². The highest BCUT2D eigenvalue weighted by Crippen LogP contribution is 2.44. The van der Waals surface area contributed by atoms with Gasteiger partial charge in [-0.05, 0) is 42.5 Å². The molecule has 0 bridgehead atoms. The minimum absolute atomic E-state index is 0.00390. The molecular formula is C18H8F12N2O2S. The zero-order chi connectivity index (χ0) is 27.1. The summed E-state index contributed by atoms with van der Waals surface area (Å²) in [5.74, 6) is -3.36. The van der Waals surface area contributed by atoms with Gasteiger partial charge in [-0.25, -0.2) is 0 Å². The number of alkyl halides is 12. The third-order valence-electron chi connectivity index (χ3n) is 4.07. The van der Waals surface area contributed by atoms with Crippen LogP contribution >= 0.6 is 12.2 Å². The van der Waals surface area contributed by atoms with Gasteiger partial charge in [0.1, 0.15) is 5.75 Å². The highest BCUT2D eigenvalue weighted by molar-refractivity contribution is 7.80. The van der Waals surface area contributed by atoms with Crippen molar-refractivity contribution < 1.29 is 62.6 Å². The fourth-order valence-corrected chi connectivity index (χ4v) is 2.75. The zero-order valence-electron chi connectivity index (χ0n) is 16.2. The van der Waals surface area contributed by atoms with Crippen LogP contribution in [0.3, 0.4) is 0 Å². The van der Waals surface area contributed by atoms with Gasteiger partial charge in [-0.3, -0.25) is 10.1 Å². The molecular weight excluding hydrogens is 536 g/mol. The molecule has 0 aliphatic rings. The van der Waals surface area contributed by atoms with Crippen molar-refractivity contribution in [3.63, 3.8) is 0 Å². The molecule has 192 valence electrons. The van der Waals surface area contributed by atoms with Crippen molar-refractivity contribution in [2.24, 2.45) is 0 Å². The van der Waals surface area contributed by atoms with E-state index in [-0.39, 0.29) is 24.3 Å². The molecule has 3 N–H and O–H groups in total. The van der Waals surface area contributed by atoms with Gasteiger partial charge >= 0.3 is 24.7 Å². The van der Waals surface area contributed by atoms with Crippen LogP contribution in [0.25, 0.3) is 0 Å². The number of halogens is 12. The summed E-state index contributed by atoms with van der Waals surface area (Å²) < 4.78 is 156. The number of nitrogens with one attached hydrogen (secondary N) is 2. The van der Waals surface area contributed by atoms with Gasteiger partial charge in [-0.2, -0.15) is 52.7 Å². The molecule has 0 heterocycles. The molecule has 35 heavy (non-hydrogen) atoms. The SMILES string of the molecule is O=C(NC(=S)Nc1c(O)cc(C(F)(F)F)cc1C(F)(F)F)c1cc(C(F)(F)F)cc(C(F)(F)F)c1. The maximum Gasteiger partial charge on any atom is 0.418 e.